The van der Waals surface area contributed by atoms with Gasteiger partial charge in [-0.15, -0.1) is 0 Å². The van der Waals surface area contributed by atoms with E-state index in [2.05, 4.69) is 43.4 Å². The molecule has 1 aliphatic rings. The van der Waals surface area contributed by atoms with Gasteiger partial charge in [-0.05, 0) is 36.3 Å². The largest absolute Gasteiger partial charge is 0.355 e. The van der Waals surface area contributed by atoms with Crippen molar-refractivity contribution in [3.8, 4) is 0 Å². The lowest BCUT2D eigenvalue weighted by atomic mass is 9.98. The molecule has 0 saturated carbocycles. The van der Waals surface area contributed by atoms with Crippen molar-refractivity contribution in [1.29, 1.82) is 0 Å². The average molecular weight is 382 g/mol. The minimum absolute atomic E-state index is 0.0533. The van der Waals surface area contributed by atoms with Crippen LogP contribution in [0.1, 0.15) is 43.7 Å². The Morgan fingerprint density at radius 3 is 2.50 bits per heavy atom. The SMILES string of the molecule is CC(C)c1ccc(CCNC(=O)[C@H]2CCCN(S(=O)(=O)N(C)C)C2)cc1. The Morgan fingerprint density at radius 2 is 1.92 bits per heavy atom. The fourth-order valence-electron chi connectivity index (χ4n) is 3.14. The second kappa shape index (κ2) is 8.97. The van der Waals surface area contributed by atoms with Crippen molar-refractivity contribution in [3.05, 3.63) is 35.4 Å². The molecule has 1 amide bonds. The summed E-state index contributed by atoms with van der Waals surface area (Å²) < 4.78 is 27.1. The number of amides is 1. The standard InChI is InChI=1S/C19H31N3O3S/c1-15(2)17-9-7-16(8-10-17)11-12-20-19(23)18-6-5-13-22(14-18)26(24,25)21(3)4/h7-10,15,18H,5-6,11-14H2,1-4H3,(H,20,23)/t18-/m0/s1. The van der Waals surface area contributed by atoms with Crippen molar-refractivity contribution in [2.24, 2.45) is 5.92 Å². The summed E-state index contributed by atoms with van der Waals surface area (Å²) in [4.78, 5) is 12.4. The molecule has 26 heavy (non-hydrogen) atoms. The first-order valence-corrected chi connectivity index (χ1v) is 10.7. The summed E-state index contributed by atoms with van der Waals surface area (Å²) >= 11 is 0. The summed E-state index contributed by atoms with van der Waals surface area (Å²) in [5, 5.41) is 2.97. The third-order valence-electron chi connectivity index (χ3n) is 4.90. The molecule has 7 heteroatoms. The van der Waals surface area contributed by atoms with E-state index in [1.807, 2.05) is 0 Å². The van der Waals surface area contributed by atoms with Gasteiger partial charge in [-0.2, -0.15) is 17.0 Å². The minimum Gasteiger partial charge on any atom is -0.355 e. The normalized spacial score (nSPS) is 19.1. The first-order chi connectivity index (χ1) is 12.2. The third kappa shape index (κ3) is 5.28. The lowest BCUT2D eigenvalue weighted by Gasteiger charge is -2.32. The number of piperidine rings is 1. The van der Waals surface area contributed by atoms with E-state index in [9.17, 15) is 13.2 Å². The van der Waals surface area contributed by atoms with Crippen LogP contribution in [0.2, 0.25) is 0 Å². The van der Waals surface area contributed by atoms with Gasteiger partial charge < -0.3 is 5.32 Å². The van der Waals surface area contributed by atoms with Gasteiger partial charge in [0.05, 0.1) is 5.92 Å². The second-order valence-corrected chi connectivity index (χ2v) is 9.57. The van der Waals surface area contributed by atoms with E-state index in [4.69, 9.17) is 0 Å². The molecule has 0 radical (unpaired) electrons. The highest BCUT2D eigenvalue weighted by Gasteiger charge is 2.33. The summed E-state index contributed by atoms with van der Waals surface area (Å²) in [5.41, 5.74) is 2.50. The number of hydrogen-bond donors (Lipinski definition) is 1. The summed E-state index contributed by atoms with van der Waals surface area (Å²) in [6.07, 6.45) is 2.22. The number of rotatable bonds is 7. The Morgan fingerprint density at radius 1 is 1.27 bits per heavy atom. The summed E-state index contributed by atoms with van der Waals surface area (Å²) in [5.74, 6) is 0.181. The predicted octanol–water partition coefficient (Wildman–Crippen LogP) is 1.99. The average Bonchev–Trinajstić information content (AvgIpc) is 2.62. The number of nitrogens with zero attached hydrogens (tertiary/aromatic N) is 2. The van der Waals surface area contributed by atoms with Gasteiger partial charge in [0, 0.05) is 33.7 Å². The molecule has 1 aromatic carbocycles. The van der Waals surface area contributed by atoms with E-state index in [-0.39, 0.29) is 18.4 Å². The molecule has 0 aliphatic carbocycles. The molecule has 2 rings (SSSR count). The van der Waals surface area contributed by atoms with E-state index in [1.54, 1.807) is 0 Å². The first kappa shape index (κ1) is 20.9. The third-order valence-corrected chi connectivity index (χ3v) is 6.81. The summed E-state index contributed by atoms with van der Waals surface area (Å²) in [6.45, 7) is 5.64. The number of benzene rings is 1. The minimum atomic E-state index is -3.45. The maximum absolute atomic E-state index is 12.4. The maximum atomic E-state index is 12.4. The highest BCUT2D eigenvalue weighted by molar-refractivity contribution is 7.86. The van der Waals surface area contributed by atoms with Gasteiger partial charge in [0.25, 0.3) is 10.2 Å². The molecule has 1 heterocycles. The van der Waals surface area contributed by atoms with Gasteiger partial charge in [0.2, 0.25) is 5.91 Å². The highest BCUT2D eigenvalue weighted by Crippen LogP contribution is 2.20. The monoisotopic (exact) mass is 381 g/mol. The van der Waals surface area contributed by atoms with Crippen molar-refractivity contribution in [1.82, 2.24) is 13.9 Å². The number of carbonyl (C=O) groups is 1. The van der Waals surface area contributed by atoms with E-state index in [1.165, 1.54) is 33.8 Å². The van der Waals surface area contributed by atoms with Crippen LogP contribution in [0, 0.1) is 5.92 Å². The molecular weight excluding hydrogens is 350 g/mol. The zero-order chi connectivity index (χ0) is 19.3. The van der Waals surface area contributed by atoms with E-state index >= 15 is 0 Å². The van der Waals surface area contributed by atoms with Gasteiger partial charge >= 0.3 is 0 Å². The van der Waals surface area contributed by atoms with E-state index in [0.717, 1.165) is 12.8 Å². The molecule has 0 bridgehead atoms. The van der Waals surface area contributed by atoms with Crippen LogP contribution in [-0.4, -0.2) is 56.7 Å². The molecule has 0 aromatic heterocycles. The van der Waals surface area contributed by atoms with Gasteiger partial charge in [0.1, 0.15) is 0 Å². The van der Waals surface area contributed by atoms with Gasteiger partial charge in [-0.3, -0.25) is 4.79 Å². The lowest BCUT2D eigenvalue weighted by molar-refractivity contribution is -0.126. The molecule has 6 nitrogen and oxygen atoms in total. The molecule has 1 saturated heterocycles. The lowest BCUT2D eigenvalue weighted by Crippen LogP contribution is -2.49. The Bertz CT molecular complexity index is 699. The summed E-state index contributed by atoms with van der Waals surface area (Å²) in [6, 6.07) is 8.47. The van der Waals surface area contributed by atoms with Gasteiger partial charge in [0.15, 0.2) is 0 Å². The highest BCUT2D eigenvalue weighted by atomic mass is 32.2. The Kier molecular flexibility index (Phi) is 7.20. The molecule has 0 spiro atoms. The molecule has 146 valence electrons. The van der Waals surface area contributed by atoms with Crippen molar-refractivity contribution >= 4 is 16.1 Å². The molecule has 0 unspecified atom stereocenters. The van der Waals surface area contributed by atoms with Crippen LogP contribution in [0.5, 0.6) is 0 Å². The zero-order valence-corrected chi connectivity index (χ0v) is 17.1. The fourth-order valence-corrected chi connectivity index (χ4v) is 4.33. The topological polar surface area (TPSA) is 69.7 Å². The quantitative estimate of drug-likeness (QED) is 0.785. The van der Waals surface area contributed by atoms with Gasteiger partial charge in [-0.1, -0.05) is 38.1 Å². The molecule has 1 atom stereocenters. The predicted molar refractivity (Wildman–Crippen MR) is 104 cm³/mol. The Hall–Kier alpha value is -1.44. The zero-order valence-electron chi connectivity index (χ0n) is 16.2. The maximum Gasteiger partial charge on any atom is 0.281 e. The van der Waals surface area contributed by atoms with E-state index in [0.29, 0.717) is 25.4 Å². The number of carbonyl (C=O) groups excluding carboxylic acids is 1. The number of nitrogens with one attached hydrogen (secondary N) is 1. The smallest absolute Gasteiger partial charge is 0.281 e. The van der Waals surface area contributed by atoms with Crippen LogP contribution in [0.4, 0.5) is 0 Å². The van der Waals surface area contributed by atoms with Crippen LogP contribution >= 0.6 is 0 Å². The van der Waals surface area contributed by atoms with Crippen molar-refractivity contribution in [3.63, 3.8) is 0 Å². The summed E-state index contributed by atoms with van der Waals surface area (Å²) in [7, 11) is -0.420. The molecule has 1 N–H and O–H groups in total. The van der Waals surface area contributed by atoms with Gasteiger partial charge in [-0.25, -0.2) is 0 Å². The van der Waals surface area contributed by atoms with Crippen molar-refractivity contribution in [2.45, 2.75) is 39.0 Å². The van der Waals surface area contributed by atoms with Crippen molar-refractivity contribution < 1.29 is 13.2 Å². The van der Waals surface area contributed by atoms with Crippen LogP contribution < -0.4 is 5.32 Å². The number of hydrogen-bond acceptors (Lipinski definition) is 3. The Labute approximate surface area is 157 Å². The molecular formula is C19H31N3O3S. The van der Waals surface area contributed by atoms with E-state index < -0.39 is 10.2 Å². The van der Waals surface area contributed by atoms with Crippen LogP contribution in [0.3, 0.4) is 0 Å². The second-order valence-electron chi connectivity index (χ2n) is 7.42. The van der Waals surface area contributed by atoms with Crippen LogP contribution in [0.25, 0.3) is 0 Å². The Balaban J connectivity index is 1.84. The van der Waals surface area contributed by atoms with Crippen LogP contribution in [0.15, 0.2) is 24.3 Å². The van der Waals surface area contributed by atoms with Crippen LogP contribution in [-0.2, 0) is 21.4 Å². The molecule has 1 aromatic rings. The molecule has 1 aliphatic heterocycles. The van der Waals surface area contributed by atoms with Crippen molar-refractivity contribution in [2.75, 3.05) is 33.7 Å². The fraction of sp³-hybridized carbons (Fsp3) is 0.632. The first-order valence-electron chi connectivity index (χ1n) is 9.26. The molecule has 1 fully saturated rings.